The molecule has 7 nitrogen and oxygen atoms in total. The van der Waals surface area contributed by atoms with E-state index in [-0.39, 0.29) is 29.7 Å². The first kappa shape index (κ1) is 22.8. The monoisotopic (exact) mass is 474 g/mol. The Morgan fingerprint density at radius 3 is 2.51 bits per heavy atom. The van der Waals surface area contributed by atoms with Crippen LogP contribution in [0.3, 0.4) is 0 Å². The Balaban J connectivity index is 1.23. The molecular formula is C28H26O7. The molecule has 5 rings (SSSR count). The Hall–Kier alpha value is -4.00. The van der Waals surface area contributed by atoms with Gasteiger partial charge in [0.25, 0.3) is 0 Å². The van der Waals surface area contributed by atoms with Gasteiger partial charge in [0, 0.05) is 6.42 Å². The van der Waals surface area contributed by atoms with E-state index in [1.807, 2.05) is 42.5 Å². The van der Waals surface area contributed by atoms with Crippen molar-refractivity contribution in [2.24, 2.45) is 5.92 Å². The van der Waals surface area contributed by atoms with Gasteiger partial charge < -0.3 is 23.7 Å². The average Bonchev–Trinajstić information content (AvgIpc) is 2.89. The van der Waals surface area contributed by atoms with Crippen molar-refractivity contribution in [3.63, 3.8) is 0 Å². The Labute approximate surface area is 203 Å². The van der Waals surface area contributed by atoms with Crippen LogP contribution in [0.15, 0.2) is 72.7 Å². The molecule has 0 spiro atoms. The number of hydrogen-bond acceptors (Lipinski definition) is 7. The number of methoxy groups -OCH3 is 2. The molecule has 0 bridgehead atoms. The Bertz CT molecular complexity index is 1300. The topological polar surface area (TPSA) is 80.3 Å². The maximum atomic E-state index is 13.1. The molecule has 7 heteroatoms. The lowest BCUT2D eigenvalue weighted by molar-refractivity contribution is -0.132. The van der Waals surface area contributed by atoms with Gasteiger partial charge >= 0.3 is 5.97 Å². The highest BCUT2D eigenvalue weighted by Gasteiger charge is 2.42. The van der Waals surface area contributed by atoms with Crippen LogP contribution >= 0.6 is 0 Å². The van der Waals surface area contributed by atoms with Gasteiger partial charge in [-0.05, 0) is 53.9 Å². The number of ketones is 1. The van der Waals surface area contributed by atoms with Crippen LogP contribution in [-0.4, -0.2) is 38.2 Å². The van der Waals surface area contributed by atoms with Gasteiger partial charge in [0.2, 0.25) is 11.5 Å². The maximum absolute atomic E-state index is 13.1. The van der Waals surface area contributed by atoms with Crippen molar-refractivity contribution in [3.8, 4) is 17.2 Å². The number of ether oxygens (including phenoxy) is 5. The van der Waals surface area contributed by atoms with Crippen molar-refractivity contribution in [3.05, 3.63) is 78.2 Å². The first-order chi connectivity index (χ1) is 17.1. The number of fused-ring (bicyclic) bond motifs is 2. The van der Waals surface area contributed by atoms with Crippen LogP contribution in [0.25, 0.3) is 10.8 Å². The van der Waals surface area contributed by atoms with Crippen LogP contribution in [0.4, 0.5) is 0 Å². The molecule has 1 fully saturated rings. The van der Waals surface area contributed by atoms with E-state index in [0.29, 0.717) is 42.1 Å². The smallest absolute Gasteiger partial charge is 0.338 e. The molecule has 1 aliphatic heterocycles. The van der Waals surface area contributed by atoms with Crippen LogP contribution < -0.4 is 14.2 Å². The van der Waals surface area contributed by atoms with E-state index in [1.54, 1.807) is 18.2 Å². The van der Waals surface area contributed by atoms with E-state index in [0.717, 1.165) is 10.8 Å². The first-order valence-electron chi connectivity index (χ1n) is 11.5. The zero-order chi connectivity index (χ0) is 24.4. The summed E-state index contributed by atoms with van der Waals surface area (Å²) in [5.41, 5.74) is 0.372. The summed E-state index contributed by atoms with van der Waals surface area (Å²) in [5, 5.41) is 2.13. The minimum atomic E-state index is -0.451. The number of benzene rings is 3. The normalized spacial score (nSPS) is 21.4. The average molecular weight is 475 g/mol. The molecule has 3 atom stereocenters. The van der Waals surface area contributed by atoms with Gasteiger partial charge in [0.1, 0.15) is 24.2 Å². The molecule has 3 aromatic rings. The number of Topliss-reactive ketones (excluding diaryl/α,β-unsaturated/α-hetero) is 1. The molecule has 0 aromatic heterocycles. The lowest BCUT2D eigenvalue weighted by Gasteiger charge is -2.36. The fourth-order valence-electron chi connectivity index (χ4n) is 4.65. The second kappa shape index (κ2) is 9.70. The molecule has 35 heavy (non-hydrogen) atoms. The third-order valence-electron chi connectivity index (χ3n) is 6.51. The fourth-order valence-corrected chi connectivity index (χ4v) is 4.65. The van der Waals surface area contributed by atoms with Gasteiger partial charge in [-0.2, -0.15) is 0 Å². The lowest BCUT2D eigenvalue weighted by Crippen LogP contribution is -2.43. The number of carbonyl (C=O) groups excluding carboxylic acids is 2. The van der Waals surface area contributed by atoms with Crippen LogP contribution in [0.2, 0.25) is 0 Å². The van der Waals surface area contributed by atoms with Crippen molar-refractivity contribution < 1.29 is 33.3 Å². The van der Waals surface area contributed by atoms with Crippen LogP contribution in [0.5, 0.6) is 17.2 Å². The molecule has 2 aliphatic rings. The van der Waals surface area contributed by atoms with Gasteiger partial charge in [0.15, 0.2) is 11.5 Å². The Morgan fingerprint density at radius 2 is 1.71 bits per heavy atom. The van der Waals surface area contributed by atoms with Crippen molar-refractivity contribution in [1.82, 2.24) is 0 Å². The van der Waals surface area contributed by atoms with Gasteiger partial charge in [-0.15, -0.1) is 0 Å². The van der Waals surface area contributed by atoms with Crippen LogP contribution in [0.1, 0.15) is 29.6 Å². The highest BCUT2D eigenvalue weighted by Crippen LogP contribution is 2.36. The van der Waals surface area contributed by atoms with E-state index in [9.17, 15) is 9.59 Å². The molecule has 3 aromatic carbocycles. The lowest BCUT2D eigenvalue weighted by atomic mass is 9.80. The summed E-state index contributed by atoms with van der Waals surface area (Å²) < 4.78 is 28.0. The molecule has 1 heterocycles. The largest absolute Gasteiger partial charge is 0.493 e. The van der Waals surface area contributed by atoms with Crippen molar-refractivity contribution in [1.29, 1.82) is 0 Å². The zero-order valence-corrected chi connectivity index (χ0v) is 19.6. The fraction of sp³-hybridized carbons (Fsp3) is 0.286. The highest BCUT2D eigenvalue weighted by molar-refractivity contribution is 5.97. The van der Waals surface area contributed by atoms with Gasteiger partial charge in [-0.1, -0.05) is 30.3 Å². The number of rotatable bonds is 6. The Morgan fingerprint density at radius 1 is 0.914 bits per heavy atom. The molecule has 0 N–H and O–H groups in total. The third-order valence-corrected chi connectivity index (χ3v) is 6.51. The minimum absolute atomic E-state index is 0.0842. The molecule has 3 unspecified atom stereocenters. The van der Waals surface area contributed by atoms with Gasteiger partial charge in [-0.3, -0.25) is 4.79 Å². The molecule has 0 radical (unpaired) electrons. The summed E-state index contributed by atoms with van der Waals surface area (Å²) >= 11 is 0. The van der Waals surface area contributed by atoms with Gasteiger partial charge in [-0.25, -0.2) is 4.79 Å². The van der Waals surface area contributed by atoms with Crippen molar-refractivity contribution in [2.45, 2.75) is 31.5 Å². The van der Waals surface area contributed by atoms with E-state index < -0.39 is 5.97 Å². The predicted molar refractivity (Wildman–Crippen MR) is 129 cm³/mol. The van der Waals surface area contributed by atoms with Crippen molar-refractivity contribution >= 4 is 22.5 Å². The molecule has 1 aliphatic carbocycles. The summed E-state index contributed by atoms with van der Waals surface area (Å²) in [6.45, 7) is 0. The minimum Gasteiger partial charge on any atom is -0.493 e. The number of esters is 1. The SMILES string of the molecule is COc1ccc(C(=O)OC2CCC3C(=O)C(Oc4ccc5ccccc5c4)=COC3C2)cc1OC. The van der Waals surface area contributed by atoms with Crippen LogP contribution in [0, 0.1) is 5.92 Å². The summed E-state index contributed by atoms with van der Waals surface area (Å²) in [5.74, 6) is 0.909. The number of carbonyl (C=O) groups is 2. The highest BCUT2D eigenvalue weighted by atomic mass is 16.6. The molecular weight excluding hydrogens is 448 g/mol. The summed E-state index contributed by atoms with van der Waals surface area (Å²) in [7, 11) is 3.05. The molecule has 0 amide bonds. The molecule has 180 valence electrons. The molecule has 0 saturated heterocycles. The van der Waals surface area contributed by atoms with Crippen LogP contribution in [-0.2, 0) is 14.3 Å². The number of allylic oxidation sites excluding steroid dienone is 1. The second-order valence-corrected chi connectivity index (χ2v) is 8.65. The third kappa shape index (κ3) is 4.67. The predicted octanol–water partition coefficient (Wildman–Crippen LogP) is 5.07. The summed E-state index contributed by atoms with van der Waals surface area (Å²) in [6.07, 6.45) is 2.24. The summed E-state index contributed by atoms with van der Waals surface area (Å²) in [4.78, 5) is 25.8. The first-order valence-corrected chi connectivity index (χ1v) is 11.5. The zero-order valence-electron chi connectivity index (χ0n) is 19.6. The van der Waals surface area contributed by atoms with E-state index in [4.69, 9.17) is 23.7 Å². The Kier molecular flexibility index (Phi) is 6.31. The summed E-state index contributed by atoms with van der Waals surface area (Å²) in [6, 6.07) is 18.5. The standard InChI is InChI=1S/C28H26O7/c1-31-23-12-8-19(14-25(23)32-2)28(30)35-21-10-11-22-24(15-21)33-16-26(27(22)29)34-20-9-7-17-5-3-4-6-18(17)13-20/h3-9,12-14,16,21-22,24H,10-11,15H2,1-2H3. The number of hydrogen-bond donors (Lipinski definition) is 0. The quantitative estimate of drug-likeness (QED) is 0.462. The second-order valence-electron chi connectivity index (χ2n) is 8.65. The van der Waals surface area contributed by atoms with E-state index in [1.165, 1.54) is 20.5 Å². The van der Waals surface area contributed by atoms with Crippen molar-refractivity contribution in [2.75, 3.05) is 14.2 Å². The van der Waals surface area contributed by atoms with E-state index in [2.05, 4.69) is 0 Å². The molecule has 1 saturated carbocycles. The van der Waals surface area contributed by atoms with Gasteiger partial charge in [0.05, 0.1) is 25.7 Å². The maximum Gasteiger partial charge on any atom is 0.338 e. The van der Waals surface area contributed by atoms with E-state index >= 15 is 0 Å².